The first-order valence-electron chi connectivity index (χ1n) is 9.76. The number of benzene rings is 2. The number of anilines is 1. The third-order valence-electron chi connectivity index (χ3n) is 4.51. The molecule has 3 aromatic rings. The molecular weight excluding hydrogens is 388 g/mol. The number of rotatable bonds is 7. The Kier molecular flexibility index (Phi) is 6.50. The molecule has 1 N–H and O–H groups in total. The quantitative estimate of drug-likeness (QED) is 0.585. The molecule has 158 valence electrons. The third kappa shape index (κ3) is 5.23. The van der Waals surface area contributed by atoms with Gasteiger partial charge in [-0.15, -0.1) is 0 Å². The van der Waals surface area contributed by atoms with E-state index < -0.39 is 17.5 Å². The number of hydrogen-bond acceptors (Lipinski definition) is 3. The first-order chi connectivity index (χ1) is 14.2. The summed E-state index contributed by atoms with van der Waals surface area (Å²) < 4.78 is 34.6. The fourth-order valence-electron chi connectivity index (χ4n) is 2.98. The molecule has 2 aromatic carbocycles. The van der Waals surface area contributed by atoms with Gasteiger partial charge in [0.25, 0.3) is 5.91 Å². The summed E-state index contributed by atoms with van der Waals surface area (Å²) in [7, 11) is 0. The number of nitrogens with zero attached hydrogens (tertiary/aromatic N) is 2. The van der Waals surface area contributed by atoms with Crippen molar-refractivity contribution < 1.29 is 18.3 Å². The number of carbonyl (C=O) groups excluding carboxylic acids is 1. The van der Waals surface area contributed by atoms with E-state index in [-0.39, 0.29) is 5.56 Å². The molecule has 0 saturated heterocycles. The summed E-state index contributed by atoms with van der Waals surface area (Å²) in [6.07, 6.45) is 0. The van der Waals surface area contributed by atoms with E-state index in [9.17, 15) is 13.6 Å². The number of hydrogen-bond donors (Lipinski definition) is 1. The Labute approximate surface area is 174 Å². The molecule has 0 fully saturated rings. The number of nitrogens with one attached hydrogen (secondary N) is 1. The Balaban J connectivity index is 1.78. The molecule has 7 heteroatoms. The fraction of sp³-hybridized carbons (Fsp3) is 0.304. The monoisotopic (exact) mass is 413 g/mol. The molecule has 0 aliphatic rings. The molecule has 5 nitrogen and oxygen atoms in total. The minimum Gasteiger partial charge on any atom is -0.493 e. The molecule has 3 rings (SSSR count). The van der Waals surface area contributed by atoms with Crippen LogP contribution in [-0.2, 0) is 6.54 Å². The van der Waals surface area contributed by atoms with Gasteiger partial charge >= 0.3 is 0 Å². The Bertz CT molecular complexity index is 1060. The van der Waals surface area contributed by atoms with Crippen LogP contribution in [0.2, 0.25) is 0 Å². The van der Waals surface area contributed by atoms with E-state index in [0.717, 1.165) is 34.7 Å². The molecular formula is C23H25F2N3O2. The smallest absolute Gasteiger partial charge is 0.259 e. The lowest BCUT2D eigenvalue weighted by molar-refractivity contribution is 0.102. The molecule has 0 unspecified atom stereocenters. The highest BCUT2D eigenvalue weighted by atomic mass is 19.1. The summed E-state index contributed by atoms with van der Waals surface area (Å²) in [6.45, 7) is 9.12. The number of ether oxygens (including phenoxy) is 1. The zero-order valence-corrected chi connectivity index (χ0v) is 17.5. The Hall–Kier alpha value is -3.22. The summed E-state index contributed by atoms with van der Waals surface area (Å²) in [5, 5.41) is 6.98. The highest BCUT2D eigenvalue weighted by Gasteiger charge is 2.15. The lowest BCUT2D eigenvalue weighted by Gasteiger charge is -2.14. The van der Waals surface area contributed by atoms with Crippen molar-refractivity contribution in [1.82, 2.24) is 9.78 Å². The molecule has 1 aromatic heterocycles. The van der Waals surface area contributed by atoms with Gasteiger partial charge in [-0.3, -0.25) is 9.48 Å². The van der Waals surface area contributed by atoms with Gasteiger partial charge in [0, 0.05) is 23.4 Å². The van der Waals surface area contributed by atoms with Crippen LogP contribution in [0.5, 0.6) is 5.75 Å². The maximum Gasteiger partial charge on any atom is 0.259 e. The van der Waals surface area contributed by atoms with Crippen LogP contribution < -0.4 is 10.1 Å². The number of halogens is 2. The average Bonchev–Trinajstić information content (AvgIpc) is 2.99. The van der Waals surface area contributed by atoms with E-state index in [1.165, 1.54) is 0 Å². The highest BCUT2D eigenvalue weighted by Crippen LogP contribution is 2.23. The normalized spacial score (nSPS) is 11.0. The van der Waals surface area contributed by atoms with Crippen molar-refractivity contribution >= 4 is 11.7 Å². The van der Waals surface area contributed by atoms with Crippen LogP contribution in [0.4, 0.5) is 14.6 Å². The van der Waals surface area contributed by atoms with Crippen LogP contribution in [0, 0.1) is 31.4 Å². The van der Waals surface area contributed by atoms with Crippen molar-refractivity contribution in [2.75, 3.05) is 11.9 Å². The first kappa shape index (κ1) is 21.5. The van der Waals surface area contributed by atoms with E-state index in [1.54, 1.807) is 10.7 Å². The second kappa shape index (κ2) is 9.07. The zero-order chi connectivity index (χ0) is 21.8. The van der Waals surface area contributed by atoms with Crippen LogP contribution in [0.1, 0.15) is 41.0 Å². The molecule has 30 heavy (non-hydrogen) atoms. The number of amides is 1. The van der Waals surface area contributed by atoms with Gasteiger partial charge < -0.3 is 10.1 Å². The molecule has 0 bridgehead atoms. The topological polar surface area (TPSA) is 56.1 Å². The van der Waals surface area contributed by atoms with Gasteiger partial charge in [0.1, 0.15) is 17.4 Å². The molecule has 0 aliphatic heterocycles. The van der Waals surface area contributed by atoms with Crippen LogP contribution >= 0.6 is 0 Å². The van der Waals surface area contributed by atoms with Crippen LogP contribution in [0.15, 0.2) is 42.5 Å². The summed E-state index contributed by atoms with van der Waals surface area (Å²) in [6, 6.07) is 10.5. The van der Waals surface area contributed by atoms with Gasteiger partial charge in [0.05, 0.1) is 18.7 Å². The molecule has 0 aliphatic carbocycles. The maximum atomic E-state index is 13.8. The molecule has 0 radical (unpaired) electrons. The second-order valence-electron chi connectivity index (χ2n) is 7.72. The number of aryl methyl sites for hydroxylation is 2. The minimum absolute atomic E-state index is 0.244. The van der Waals surface area contributed by atoms with E-state index in [4.69, 9.17) is 4.74 Å². The van der Waals surface area contributed by atoms with Crippen molar-refractivity contribution in [3.05, 3.63) is 76.5 Å². The van der Waals surface area contributed by atoms with E-state index in [2.05, 4.69) is 24.3 Å². The van der Waals surface area contributed by atoms with Crippen LogP contribution in [0.3, 0.4) is 0 Å². The molecule has 0 saturated carbocycles. The van der Waals surface area contributed by atoms with E-state index >= 15 is 0 Å². The Morgan fingerprint density at radius 1 is 1.13 bits per heavy atom. The van der Waals surface area contributed by atoms with Gasteiger partial charge in [0.15, 0.2) is 5.82 Å². The fourth-order valence-corrected chi connectivity index (χ4v) is 2.98. The van der Waals surface area contributed by atoms with E-state index in [1.807, 2.05) is 32.0 Å². The Morgan fingerprint density at radius 3 is 2.60 bits per heavy atom. The molecule has 0 atom stereocenters. The minimum atomic E-state index is -0.921. The van der Waals surface area contributed by atoms with Crippen molar-refractivity contribution in [2.45, 2.75) is 34.2 Å². The lowest BCUT2D eigenvalue weighted by atomic mass is 10.1. The van der Waals surface area contributed by atoms with Gasteiger partial charge in [-0.25, -0.2) is 8.78 Å². The maximum absolute atomic E-state index is 13.8. The van der Waals surface area contributed by atoms with Crippen molar-refractivity contribution in [3.8, 4) is 5.75 Å². The van der Waals surface area contributed by atoms with E-state index in [0.29, 0.717) is 31.0 Å². The average molecular weight is 413 g/mol. The summed E-state index contributed by atoms with van der Waals surface area (Å²) in [5.74, 6) is -0.859. The predicted octanol–water partition coefficient (Wildman–Crippen LogP) is 5.11. The lowest BCUT2D eigenvalue weighted by Crippen LogP contribution is -2.15. The van der Waals surface area contributed by atoms with Gasteiger partial charge in [-0.1, -0.05) is 31.5 Å². The van der Waals surface area contributed by atoms with Gasteiger partial charge in [0.2, 0.25) is 0 Å². The highest BCUT2D eigenvalue weighted by molar-refractivity contribution is 6.03. The predicted molar refractivity (Wildman–Crippen MR) is 112 cm³/mol. The van der Waals surface area contributed by atoms with Gasteiger partial charge in [-0.05, 0) is 38.0 Å². The van der Waals surface area contributed by atoms with Gasteiger partial charge in [-0.2, -0.15) is 5.10 Å². The standard InChI is InChI=1S/C23H25F2N3O2/c1-14(2)13-30-21-8-5-15(3)9-17(21)12-28-16(4)10-22(27-28)26-23(29)19-7-6-18(24)11-20(19)25/h5-11,14H,12-13H2,1-4H3,(H,26,27,29). The number of aromatic nitrogens is 2. The first-order valence-corrected chi connectivity index (χ1v) is 9.76. The molecule has 1 heterocycles. The summed E-state index contributed by atoms with van der Waals surface area (Å²) >= 11 is 0. The van der Waals surface area contributed by atoms with Crippen molar-refractivity contribution in [1.29, 1.82) is 0 Å². The van der Waals surface area contributed by atoms with Crippen LogP contribution in [0.25, 0.3) is 0 Å². The summed E-state index contributed by atoms with van der Waals surface area (Å²) in [4.78, 5) is 12.3. The third-order valence-corrected chi connectivity index (χ3v) is 4.51. The number of carbonyl (C=O) groups is 1. The zero-order valence-electron chi connectivity index (χ0n) is 17.5. The SMILES string of the molecule is Cc1ccc(OCC(C)C)c(Cn2nc(NC(=O)c3ccc(F)cc3F)cc2C)c1. The van der Waals surface area contributed by atoms with Crippen LogP contribution in [-0.4, -0.2) is 22.3 Å². The second-order valence-corrected chi connectivity index (χ2v) is 7.72. The molecule has 1 amide bonds. The molecule has 0 spiro atoms. The van der Waals surface area contributed by atoms with Crippen molar-refractivity contribution in [2.24, 2.45) is 5.92 Å². The summed E-state index contributed by atoms with van der Waals surface area (Å²) in [5.41, 5.74) is 2.66. The largest absolute Gasteiger partial charge is 0.493 e. The van der Waals surface area contributed by atoms with Crippen molar-refractivity contribution in [3.63, 3.8) is 0 Å². The Morgan fingerprint density at radius 2 is 1.90 bits per heavy atom.